The van der Waals surface area contributed by atoms with Gasteiger partial charge >= 0.3 is 29.6 Å². The molecule has 0 amide bonds. The Balaban J connectivity index is 0. The van der Waals surface area contributed by atoms with Crippen LogP contribution in [0, 0.1) is 0 Å². The molecule has 1 N–H and O–H groups in total. The summed E-state index contributed by atoms with van der Waals surface area (Å²) in [6.45, 7) is 2.25. The molecule has 0 rings (SSSR count). The van der Waals surface area contributed by atoms with E-state index in [1.54, 1.807) is 0 Å². The van der Waals surface area contributed by atoms with Crippen LogP contribution >= 0.6 is 0 Å². The van der Waals surface area contributed by atoms with Gasteiger partial charge in [0, 0.05) is 19.4 Å². The first-order valence-corrected chi connectivity index (χ1v) is 6.93. The summed E-state index contributed by atoms with van der Waals surface area (Å²) >= 11 is 0. The summed E-state index contributed by atoms with van der Waals surface area (Å²) in [5.41, 5.74) is 0. The van der Waals surface area contributed by atoms with Crippen molar-refractivity contribution in [1.29, 1.82) is 0 Å². The molecule has 0 aromatic rings. The van der Waals surface area contributed by atoms with Crippen LogP contribution in [0.5, 0.6) is 0 Å². The van der Waals surface area contributed by atoms with E-state index in [1.165, 1.54) is 51.4 Å². The van der Waals surface area contributed by atoms with Crippen LogP contribution in [0.4, 0.5) is 0 Å². The van der Waals surface area contributed by atoms with Crippen LogP contribution in [-0.2, 0) is 4.79 Å². The molecule has 0 spiro atoms. The molecule has 17 heavy (non-hydrogen) atoms. The second-order valence-electron chi connectivity index (χ2n) is 4.59. The zero-order valence-corrected chi connectivity index (χ0v) is 10.8. The van der Waals surface area contributed by atoms with E-state index in [9.17, 15) is 4.79 Å². The zero-order valence-electron chi connectivity index (χ0n) is 10.8. The van der Waals surface area contributed by atoms with Crippen molar-refractivity contribution >= 4 is 35.3 Å². The summed E-state index contributed by atoms with van der Waals surface area (Å²) in [6, 6.07) is 0. The van der Waals surface area contributed by atoms with E-state index >= 15 is 0 Å². The molecule has 0 fully saturated rings. The van der Waals surface area contributed by atoms with E-state index in [0.717, 1.165) is 6.42 Å². The van der Waals surface area contributed by atoms with Crippen LogP contribution in [0.15, 0.2) is 0 Å². The predicted molar refractivity (Wildman–Crippen MR) is 75.7 cm³/mol. The van der Waals surface area contributed by atoms with E-state index < -0.39 is 0 Å². The molecule has 0 saturated heterocycles. The van der Waals surface area contributed by atoms with Crippen molar-refractivity contribution in [2.45, 2.75) is 77.6 Å². The number of carbonyl (C=O) groups excluding carboxylic acids is 1. The predicted octanol–water partition coefficient (Wildman–Crippen LogP) is 3.21. The molecule has 0 atom stereocenters. The Morgan fingerprint density at radius 2 is 1.29 bits per heavy atom. The van der Waals surface area contributed by atoms with Gasteiger partial charge in [-0.2, -0.15) is 0 Å². The maximum absolute atomic E-state index is 11.1. The molecular weight excluding hydrogens is 223 g/mol. The molecule has 0 aromatic carbocycles. The topological polar surface area (TPSA) is 37.3 Å². The van der Waals surface area contributed by atoms with Crippen LogP contribution in [0.2, 0.25) is 0 Å². The Kier molecular flexibility index (Phi) is 19.5. The summed E-state index contributed by atoms with van der Waals surface area (Å²) in [6.07, 6.45) is 12.6. The van der Waals surface area contributed by atoms with Gasteiger partial charge in [-0.05, 0) is 6.42 Å². The Bertz CT molecular complexity index is 160. The number of hydrogen-bond donors (Lipinski definition) is 1. The fraction of sp³-hybridized carbons (Fsp3) is 0.929. The normalized spacial score (nSPS) is 10.0. The van der Waals surface area contributed by atoms with Crippen molar-refractivity contribution in [2.75, 3.05) is 6.61 Å². The van der Waals surface area contributed by atoms with Gasteiger partial charge in [-0.25, -0.2) is 0 Å². The molecule has 0 saturated carbocycles. The first-order valence-electron chi connectivity index (χ1n) is 6.93. The molecule has 0 heterocycles. The van der Waals surface area contributed by atoms with E-state index in [-0.39, 0.29) is 41.9 Å². The fourth-order valence-corrected chi connectivity index (χ4v) is 1.88. The molecule has 2 nitrogen and oxygen atoms in total. The third-order valence-electron chi connectivity index (χ3n) is 2.95. The van der Waals surface area contributed by atoms with Crippen LogP contribution < -0.4 is 0 Å². The maximum atomic E-state index is 11.1. The molecule has 0 unspecified atom stereocenters. The Morgan fingerprint density at radius 3 is 1.76 bits per heavy atom. The number of aliphatic hydroxyl groups is 1. The van der Waals surface area contributed by atoms with Gasteiger partial charge in [-0.3, -0.25) is 4.79 Å². The molecular formula is C14H29NaO2. The summed E-state index contributed by atoms with van der Waals surface area (Å²) in [5, 5.41) is 8.56. The Labute approximate surface area is 129 Å². The SMILES string of the molecule is CCCCCCCCCCCC(=O)CCO.[NaH]. The monoisotopic (exact) mass is 252 g/mol. The van der Waals surface area contributed by atoms with E-state index in [0.29, 0.717) is 12.8 Å². The zero-order chi connectivity index (χ0) is 12.1. The molecule has 0 aliphatic carbocycles. The standard InChI is InChI=1S/C14H28O2.Na.H/c1-2-3-4-5-6-7-8-9-10-11-14(16)12-13-15;;/h15H,2-13H2,1H3;;. The molecule has 0 radical (unpaired) electrons. The van der Waals surface area contributed by atoms with Crippen molar-refractivity contribution in [1.82, 2.24) is 0 Å². The van der Waals surface area contributed by atoms with Gasteiger partial charge in [0.15, 0.2) is 0 Å². The number of carbonyl (C=O) groups is 1. The van der Waals surface area contributed by atoms with Crippen molar-refractivity contribution < 1.29 is 9.90 Å². The molecule has 98 valence electrons. The second-order valence-corrected chi connectivity index (χ2v) is 4.59. The van der Waals surface area contributed by atoms with Crippen LogP contribution in [-0.4, -0.2) is 47.1 Å². The minimum absolute atomic E-state index is 0. The first-order chi connectivity index (χ1) is 7.81. The Hall–Kier alpha value is 0.630. The Morgan fingerprint density at radius 1 is 0.824 bits per heavy atom. The molecule has 0 bridgehead atoms. The number of ketones is 1. The quantitative estimate of drug-likeness (QED) is 0.428. The van der Waals surface area contributed by atoms with Crippen molar-refractivity contribution in [3.05, 3.63) is 0 Å². The van der Waals surface area contributed by atoms with Crippen LogP contribution in [0.3, 0.4) is 0 Å². The van der Waals surface area contributed by atoms with Gasteiger partial charge < -0.3 is 5.11 Å². The number of Topliss-reactive ketones (excluding diaryl/α,β-unsaturated/α-hetero) is 1. The van der Waals surface area contributed by atoms with Gasteiger partial charge in [0.05, 0.1) is 0 Å². The van der Waals surface area contributed by atoms with E-state index in [4.69, 9.17) is 5.11 Å². The summed E-state index contributed by atoms with van der Waals surface area (Å²) in [5.74, 6) is 0.213. The van der Waals surface area contributed by atoms with Gasteiger partial charge in [-0.1, -0.05) is 58.3 Å². The molecule has 3 heteroatoms. The van der Waals surface area contributed by atoms with Crippen LogP contribution in [0.25, 0.3) is 0 Å². The van der Waals surface area contributed by atoms with Gasteiger partial charge in [-0.15, -0.1) is 0 Å². The van der Waals surface area contributed by atoms with Gasteiger partial charge in [0.25, 0.3) is 0 Å². The average Bonchev–Trinajstić information content (AvgIpc) is 2.27. The number of rotatable bonds is 12. The average molecular weight is 252 g/mol. The molecule has 0 aromatic heterocycles. The number of hydrogen-bond acceptors (Lipinski definition) is 2. The van der Waals surface area contributed by atoms with Crippen molar-refractivity contribution in [2.24, 2.45) is 0 Å². The van der Waals surface area contributed by atoms with Gasteiger partial charge in [0.1, 0.15) is 5.78 Å². The van der Waals surface area contributed by atoms with Gasteiger partial charge in [0.2, 0.25) is 0 Å². The van der Waals surface area contributed by atoms with E-state index in [2.05, 4.69) is 6.92 Å². The minimum atomic E-state index is 0. The third kappa shape index (κ3) is 16.6. The summed E-state index contributed by atoms with van der Waals surface area (Å²) < 4.78 is 0. The number of aliphatic hydroxyl groups excluding tert-OH is 1. The van der Waals surface area contributed by atoms with E-state index in [1.807, 2.05) is 0 Å². The third-order valence-corrected chi connectivity index (χ3v) is 2.95. The first kappa shape index (κ1) is 20.0. The van der Waals surface area contributed by atoms with Crippen molar-refractivity contribution in [3.8, 4) is 0 Å². The molecule has 0 aliphatic rings. The fourth-order valence-electron chi connectivity index (χ4n) is 1.88. The molecule has 0 aliphatic heterocycles. The van der Waals surface area contributed by atoms with Crippen molar-refractivity contribution in [3.63, 3.8) is 0 Å². The number of unbranched alkanes of at least 4 members (excludes halogenated alkanes) is 8. The van der Waals surface area contributed by atoms with Crippen LogP contribution in [0.1, 0.15) is 77.6 Å². The summed E-state index contributed by atoms with van der Waals surface area (Å²) in [7, 11) is 0. The summed E-state index contributed by atoms with van der Waals surface area (Å²) in [4.78, 5) is 11.1. The second kappa shape index (κ2) is 16.6.